The van der Waals surface area contributed by atoms with Crippen molar-refractivity contribution in [2.75, 3.05) is 0 Å². The molecule has 0 aliphatic heterocycles. The van der Waals surface area contributed by atoms with E-state index in [1.54, 1.807) is 18.3 Å². The van der Waals surface area contributed by atoms with E-state index in [0.717, 1.165) is 30.3 Å². The van der Waals surface area contributed by atoms with Gasteiger partial charge in [0.15, 0.2) is 0 Å². The van der Waals surface area contributed by atoms with Crippen LogP contribution < -0.4 is 0 Å². The van der Waals surface area contributed by atoms with Gasteiger partial charge in [-0.05, 0) is 63.1 Å². The smallest absolute Gasteiger partial charge is 0.269 e. The summed E-state index contributed by atoms with van der Waals surface area (Å²) in [4.78, 5) is 14.9. The third kappa shape index (κ3) is 2.55. The molecule has 0 N–H and O–H groups in total. The minimum absolute atomic E-state index is 0.0955. The van der Waals surface area contributed by atoms with E-state index in [4.69, 9.17) is 0 Å². The molecule has 106 valence electrons. The molecule has 2 heterocycles. The summed E-state index contributed by atoms with van der Waals surface area (Å²) in [5, 5.41) is 11.9. The largest absolute Gasteiger partial charge is 0.300 e. The summed E-state index contributed by atoms with van der Waals surface area (Å²) in [6, 6.07) is 6.86. The van der Waals surface area contributed by atoms with E-state index in [-0.39, 0.29) is 10.6 Å². The second kappa shape index (κ2) is 5.38. The summed E-state index contributed by atoms with van der Waals surface area (Å²) in [5.74, 6) is 0. The number of hydrogen-bond donors (Lipinski definition) is 0. The van der Waals surface area contributed by atoms with Gasteiger partial charge >= 0.3 is 0 Å². The van der Waals surface area contributed by atoms with E-state index in [1.807, 2.05) is 23.8 Å². The summed E-state index contributed by atoms with van der Waals surface area (Å²) in [6.07, 6.45) is 3.73. The second-order valence-corrected chi connectivity index (χ2v) is 6.68. The van der Waals surface area contributed by atoms with Crippen LogP contribution in [0.2, 0.25) is 0 Å². The van der Waals surface area contributed by atoms with Crippen molar-refractivity contribution >= 4 is 55.2 Å². The van der Waals surface area contributed by atoms with Crippen molar-refractivity contribution in [3.63, 3.8) is 0 Å². The first-order valence-electron chi connectivity index (χ1n) is 6.05. The van der Waals surface area contributed by atoms with Crippen molar-refractivity contribution in [3.8, 4) is 5.69 Å². The number of rotatable bonds is 2. The number of halogens is 2. The van der Waals surface area contributed by atoms with E-state index in [9.17, 15) is 10.1 Å². The third-order valence-corrected chi connectivity index (χ3v) is 4.51. The lowest BCUT2D eigenvalue weighted by atomic mass is 10.2. The predicted molar refractivity (Wildman–Crippen MR) is 92.9 cm³/mol. The summed E-state index contributed by atoms with van der Waals surface area (Å²) in [7, 11) is 0. The van der Waals surface area contributed by atoms with E-state index in [0.29, 0.717) is 0 Å². The van der Waals surface area contributed by atoms with E-state index in [2.05, 4.69) is 43.5 Å². The van der Waals surface area contributed by atoms with Gasteiger partial charge in [-0.1, -0.05) is 0 Å². The van der Waals surface area contributed by atoms with Gasteiger partial charge < -0.3 is 0 Å². The zero-order valence-corrected chi connectivity index (χ0v) is 14.6. The molecular weight excluding hydrogens is 449 g/mol. The average molecular weight is 458 g/mol. The van der Waals surface area contributed by atoms with Crippen LogP contribution in [0.3, 0.4) is 0 Å². The molecule has 0 radical (unpaired) electrons. The van der Waals surface area contributed by atoms with Crippen LogP contribution in [0.15, 0.2) is 41.1 Å². The quantitative estimate of drug-likeness (QED) is 0.320. The Kier molecular flexibility index (Phi) is 3.70. The first-order chi connectivity index (χ1) is 9.97. The number of nitro benzene ring substituents is 1. The van der Waals surface area contributed by atoms with Crippen molar-refractivity contribution in [1.82, 2.24) is 9.55 Å². The number of hydrogen-bond acceptors (Lipinski definition) is 3. The van der Waals surface area contributed by atoms with Crippen LogP contribution in [0.5, 0.6) is 0 Å². The fourth-order valence-electron chi connectivity index (χ4n) is 2.25. The molecule has 0 bridgehead atoms. The highest BCUT2D eigenvalue weighted by molar-refractivity contribution is 14.1. The Labute approximate surface area is 142 Å². The zero-order chi connectivity index (χ0) is 15.1. The van der Waals surface area contributed by atoms with Gasteiger partial charge in [0.2, 0.25) is 0 Å². The molecule has 1 aromatic carbocycles. The Morgan fingerprint density at radius 3 is 2.81 bits per heavy atom. The van der Waals surface area contributed by atoms with Gasteiger partial charge in [-0.25, -0.2) is 4.98 Å². The van der Waals surface area contributed by atoms with Crippen LogP contribution in [-0.2, 0) is 0 Å². The molecule has 0 aliphatic carbocycles. The lowest BCUT2D eigenvalue weighted by molar-refractivity contribution is -0.384. The zero-order valence-electron chi connectivity index (χ0n) is 10.9. The number of nitrogens with zero attached hydrogens (tertiary/aromatic N) is 3. The molecule has 0 saturated heterocycles. The number of non-ortho nitro benzene ring substituents is 1. The lowest BCUT2D eigenvalue weighted by Crippen LogP contribution is -1.98. The number of fused-ring (bicyclic) bond motifs is 1. The fraction of sp³-hybridized carbons (Fsp3) is 0.0714. The van der Waals surface area contributed by atoms with Gasteiger partial charge in [-0.3, -0.25) is 14.7 Å². The first kappa shape index (κ1) is 14.5. The van der Waals surface area contributed by atoms with Gasteiger partial charge in [-0.2, -0.15) is 0 Å². The highest BCUT2D eigenvalue weighted by atomic mass is 127. The fourth-order valence-corrected chi connectivity index (χ4v) is 3.26. The lowest BCUT2D eigenvalue weighted by Gasteiger charge is -2.08. The maximum Gasteiger partial charge on any atom is 0.269 e. The molecule has 0 amide bonds. The second-order valence-electron chi connectivity index (χ2n) is 4.60. The summed E-state index contributed by atoms with van der Waals surface area (Å²) in [5.41, 5.74) is 2.66. The number of nitro groups is 1. The van der Waals surface area contributed by atoms with E-state index >= 15 is 0 Å². The number of aryl methyl sites for hydroxylation is 1. The molecule has 0 unspecified atom stereocenters. The molecule has 2 aromatic heterocycles. The Balaban J connectivity index is 2.23. The summed E-state index contributed by atoms with van der Waals surface area (Å²) >= 11 is 5.68. The van der Waals surface area contributed by atoms with Gasteiger partial charge in [0.05, 0.1) is 10.6 Å². The van der Waals surface area contributed by atoms with Crippen LogP contribution >= 0.6 is 38.5 Å². The van der Waals surface area contributed by atoms with Gasteiger partial charge in [0, 0.05) is 38.0 Å². The monoisotopic (exact) mass is 457 g/mol. The SMILES string of the molecule is Cc1cc([N+](=O)[O-])ccc1-n1cc(I)c2cc(Br)cnc21. The molecule has 0 fully saturated rings. The summed E-state index contributed by atoms with van der Waals surface area (Å²) < 4.78 is 3.96. The minimum Gasteiger partial charge on any atom is -0.300 e. The van der Waals surface area contributed by atoms with Crippen LogP contribution in [0.4, 0.5) is 5.69 Å². The number of pyridine rings is 1. The summed E-state index contributed by atoms with van der Waals surface area (Å²) in [6.45, 7) is 1.86. The predicted octanol–water partition coefficient (Wildman–Crippen LogP) is 4.61. The molecule has 3 rings (SSSR count). The van der Waals surface area contributed by atoms with Gasteiger partial charge in [0.1, 0.15) is 5.65 Å². The molecule has 7 heteroatoms. The highest BCUT2D eigenvalue weighted by Crippen LogP contribution is 2.29. The van der Waals surface area contributed by atoms with Gasteiger partial charge in [0.25, 0.3) is 5.69 Å². The molecular formula is C14H9BrIN3O2. The average Bonchev–Trinajstić information content (AvgIpc) is 2.75. The molecule has 0 aliphatic rings. The van der Waals surface area contributed by atoms with Crippen molar-refractivity contribution in [1.29, 1.82) is 0 Å². The standard InChI is InChI=1S/C14H9BrIN3O2/c1-8-4-10(19(20)21)2-3-13(8)18-7-12(16)11-5-9(15)6-17-14(11)18/h2-7H,1H3. The van der Waals surface area contributed by atoms with Crippen LogP contribution in [0, 0.1) is 20.6 Å². The van der Waals surface area contributed by atoms with E-state index < -0.39 is 0 Å². The third-order valence-electron chi connectivity index (χ3n) is 3.21. The molecule has 3 aromatic rings. The normalized spacial score (nSPS) is 11.0. The Morgan fingerprint density at radius 1 is 1.38 bits per heavy atom. The molecule has 0 atom stereocenters. The molecule has 0 spiro atoms. The maximum absolute atomic E-state index is 10.8. The number of aromatic nitrogens is 2. The maximum atomic E-state index is 10.8. The number of benzene rings is 1. The Morgan fingerprint density at radius 2 is 2.14 bits per heavy atom. The van der Waals surface area contributed by atoms with E-state index in [1.165, 1.54) is 6.07 Å². The van der Waals surface area contributed by atoms with Crippen molar-refractivity contribution in [2.24, 2.45) is 0 Å². The van der Waals surface area contributed by atoms with Crippen molar-refractivity contribution in [2.45, 2.75) is 6.92 Å². The van der Waals surface area contributed by atoms with Crippen LogP contribution in [0.1, 0.15) is 5.56 Å². The molecule has 21 heavy (non-hydrogen) atoms. The van der Waals surface area contributed by atoms with Crippen LogP contribution in [-0.4, -0.2) is 14.5 Å². The molecule has 5 nitrogen and oxygen atoms in total. The molecule has 0 saturated carbocycles. The van der Waals surface area contributed by atoms with Crippen molar-refractivity contribution < 1.29 is 4.92 Å². The Hall–Kier alpha value is -1.48. The van der Waals surface area contributed by atoms with Crippen molar-refractivity contribution in [3.05, 3.63) is 60.4 Å². The topological polar surface area (TPSA) is 61.0 Å². The first-order valence-corrected chi connectivity index (χ1v) is 7.92. The van der Waals surface area contributed by atoms with Gasteiger partial charge in [-0.15, -0.1) is 0 Å². The minimum atomic E-state index is -0.385. The highest BCUT2D eigenvalue weighted by Gasteiger charge is 2.14. The Bertz CT molecular complexity index is 876. The van der Waals surface area contributed by atoms with Crippen LogP contribution in [0.25, 0.3) is 16.7 Å².